The molecule has 0 saturated carbocycles. The Balaban J connectivity index is 2.85. The fourth-order valence-electron chi connectivity index (χ4n) is 0.915. The average Bonchev–Trinajstić information content (AvgIpc) is 2.10. The molecule has 0 spiro atoms. The summed E-state index contributed by atoms with van der Waals surface area (Å²) < 4.78 is 0. The maximum Gasteiger partial charge on any atom is 0.253 e. The Labute approximate surface area is 59.1 Å². The molecular formula is C7H9NO2. The molecule has 0 aromatic rings. The third-order valence-corrected chi connectivity index (χ3v) is 1.39. The summed E-state index contributed by atoms with van der Waals surface area (Å²) in [4.78, 5) is 25.0. The molecule has 1 amide bonds. The number of carbonyl (C=O) groups is 2. The van der Waals surface area contributed by atoms with E-state index in [0.717, 1.165) is 0 Å². The quantitative estimate of drug-likeness (QED) is 0.499. The van der Waals surface area contributed by atoms with Crippen LogP contribution in [-0.2, 0) is 9.59 Å². The fraction of sp³-hybridized carbons (Fsp3) is 0.571. The van der Waals surface area contributed by atoms with Gasteiger partial charge in [0.2, 0.25) is 0 Å². The van der Waals surface area contributed by atoms with Crippen LogP contribution in [0.4, 0.5) is 0 Å². The number of Topliss-reactive ketones (excluding diaryl/α,β-unsaturated/α-hetero) is 1. The predicted octanol–water partition coefficient (Wildman–Crippen LogP) is 0.583. The van der Waals surface area contributed by atoms with Gasteiger partial charge in [-0.25, -0.2) is 4.99 Å². The summed E-state index contributed by atoms with van der Waals surface area (Å²) in [6.07, 6.45) is -0.0203. The lowest BCUT2D eigenvalue weighted by Crippen LogP contribution is -2.14. The van der Waals surface area contributed by atoms with Crippen LogP contribution in [-0.4, -0.2) is 17.4 Å². The smallest absolute Gasteiger partial charge is 0.253 e. The fourth-order valence-corrected chi connectivity index (χ4v) is 0.915. The van der Waals surface area contributed by atoms with E-state index in [1.807, 2.05) is 13.8 Å². The summed E-state index contributed by atoms with van der Waals surface area (Å²) in [5.74, 6) is -0.326. The number of hydrogen-bond acceptors (Lipinski definition) is 2. The largest absolute Gasteiger partial charge is 0.292 e. The van der Waals surface area contributed by atoms with Gasteiger partial charge in [-0.1, -0.05) is 13.8 Å². The first-order chi connectivity index (χ1) is 4.61. The van der Waals surface area contributed by atoms with Crippen LogP contribution in [0, 0.1) is 5.92 Å². The molecule has 1 heterocycles. The molecule has 3 nitrogen and oxygen atoms in total. The second-order valence-corrected chi connectivity index (χ2v) is 2.65. The molecule has 3 heteroatoms. The second-order valence-electron chi connectivity index (χ2n) is 2.65. The van der Waals surface area contributed by atoms with Gasteiger partial charge < -0.3 is 0 Å². The van der Waals surface area contributed by atoms with Crippen LogP contribution in [0.2, 0.25) is 0 Å². The highest BCUT2D eigenvalue weighted by Crippen LogP contribution is 2.08. The third-order valence-electron chi connectivity index (χ3n) is 1.39. The van der Waals surface area contributed by atoms with Crippen molar-refractivity contribution in [3.05, 3.63) is 0 Å². The minimum absolute atomic E-state index is 0.0203. The molecule has 1 rings (SSSR count). The van der Waals surface area contributed by atoms with Crippen LogP contribution in [0.15, 0.2) is 4.99 Å². The number of aliphatic imine (C=N–C) groups is 1. The van der Waals surface area contributed by atoms with Gasteiger partial charge in [0.05, 0.1) is 12.1 Å². The summed E-state index contributed by atoms with van der Waals surface area (Å²) in [5, 5.41) is 0. The van der Waals surface area contributed by atoms with Crippen LogP contribution in [0.25, 0.3) is 0 Å². The van der Waals surface area contributed by atoms with E-state index in [2.05, 4.69) is 4.99 Å². The van der Waals surface area contributed by atoms with Gasteiger partial charge in [-0.3, -0.25) is 9.59 Å². The summed E-state index contributed by atoms with van der Waals surface area (Å²) >= 11 is 0. The summed E-state index contributed by atoms with van der Waals surface area (Å²) in [5.41, 5.74) is 0.435. The molecule has 0 bridgehead atoms. The molecule has 0 atom stereocenters. The lowest BCUT2D eigenvalue weighted by atomic mass is 10.1. The van der Waals surface area contributed by atoms with Crippen LogP contribution < -0.4 is 0 Å². The van der Waals surface area contributed by atoms with E-state index in [-0.39, 0.29) is 24.0 Å². The molecule has 1 aliphatic rings. The molecular weight excluding hydrogens is 130 g/mol. The highest BCUT2D eigenvalue weighted by Gasteiger charge is 2.25. The highest BCUT2D eigenvalue weighted by molar-refractivity contribution is 6.48. The molecule has 0 saturated heterocycles. The van der Waals surface area contributed by atoms with Gasteiger partial charge in [-0.15, -0.1) is 0 Å². The molecule has 0 aromatic heterocycles. The molecule has 1 aliphatic heterocycles. The van der Waals surface area contributed by atoms with Crippen molar-refractivity contribution in [1.29, 1.82) is 0 Å². The minimum atomic E-state index is -0.297. The SMILES string of the molecule is CC(C)C1=NC(=O)CC1=O. The van der Waals surface area contributed by atoms with Crippen molar-refractivity contribution in [2.75, 3.05) is 0 Å². The Morgan fingerprint density at radius 2 is 2.00 bits per heavy atom. The zero-order chi connectivity index (χ0) is 7.72. The lowest BCUT2D eigenvalue weighted by Gasteiger charge is -1.98. The number of nitrogens with zero attached hydrogens (tertiary/aromatic N) is 1. The molecule has 0 radical (unpaired) electrons. The van der Waals surface area contributed by atoms with E-state index in [0.29, 0.717) is 5.71 Å². The molecule has 0 aromatic carbocycles. The first-order valence-electron chi connectivity index (χ1n) is 3.26. The van der Waals surface area contributed by atoms with Gasteiger partial charge in [-0.2, -0.15) is 0 Å². The number of rotatable bonds is 1. The topological polar surface area (TPSA) is 46.5 Å². The van der Waals surface area contributed by atoms with Crippen molar-refractivity contribution in [1.82, 2.24) is 0 Å². The normalized spacial score (nSPS) is 18.5. The van der Waals surface area contributed by atoms with E-state index >= 15 is 0 Å². The maximum absolute atomic E-state index is 10.9. The molecule has 0 unspecified atom stereocenters. The van der Waals surface area contributed by atoms with Crippen LogP contribution in [0.3, 0.4) is 0 Å². The van der Waals surface area contributed by atoms with Crippen molar-refractivity contribution in [2.45, 2.75) is 20.3 Å². The van der Waals surface area contributed by atoms with Gasteiger partial charge in [-0.05, 0) is 5.92 Å². The average molecular weight is 139 g/mol. The van der Waals surface area contributed by atoms with Gasteiger partial charge in [0.1, 0.15) is 0 Å². The van der Waals surface area contributed by atoms with Crippen molar-refractivity contribution in [2.24, 2.45) is 10.9 Å². The van der Waals surface area contributed by atoms with Crippen LogP contribution >= 0.6 is 0 Å². The molecule has 0 aliphatic carbocycles. The number of carbonyl (C=O) groups excluding carboxylic acids is 2. The zero-order valence-corrected chi connectivity index (χ0v) is 6.05. The van der Waals surface area contributed by atoms with E-state index in [9.17, 15) is 9.59 Å². The van der Waals surface area contributed by atoms with Gasteiger partial charge in [0, 0.05) is 0 Å². The number of hydrogen-bond donors (Lipinski definition) is 0. The lowest BCUT2D eigenvalue weighted by molar-refractivity contribution is -0.121. The van der Waals surface area contributed by atoms with Gasteiger partial charge in [0.15, 0.2) is 5.78 Å². The van der Waals surface area contributed by atoms with Crippen LogP contribution in [0.5, 0.6) is 0 Å². The van der Waals surface area contributed by atoms with Crippen molar-refractivity contribution < 1.29 is 9.59 Å². The van der Waals surface area contributed by atoms with Crippen molar-refractivity contribution in [3.8, 4) is 0 Å². The van der Waals surface area contributed by atoms with E-state index in [4.69, 9.17) is 0 Å². The monoisotopic (exact) mass is 139 g/mol. The molecule has 0 fully saturated rings. The Morgan fingerprint density at radius 3 is 2.20 bits per heavy atom. The van der Waals surface area contributed by atoms with Gasteiger partial charge >= 0.3 is 0 Å². The predicted molar refractivity (Wildman–Crippen MR) is 36.9 cm³/mol. The zero-order valence-electron chi connectivity index (χ0n) is 6.05. The van der Waals surface area contributed by atoms with Crippen LogP contribution in [0.1, 0.15) is 20.3 Å². The summed E-state index contributed by atoms with van der Waals surface area (Å²) in [7, 11) is 0. The Kier molecular flexibility index (Phi) is 1.66. The Hall–Kier alpha value is -0.990. The summed E-state index contributed by atoms with van der Waals surface area (Å²) in [6, 6.07) is 0. The highest BCUT2D eigenvalue weighted by atomic mass is 16.2. The standard InChI is InChI=1S/C7H9NO2/c1-4(2)7-5(9)3-6(10)8-7/h4H,3H2,1-2H3. The van der Waals surface area contributed by atoms with Crippen molar-refractivity contribution in [3.63, 3.8) is 0 Å². The van der Waals surface area contributed by atoms with E-state index in [1.165, 1.54) is 0 Å². The van der Waals surface area contributed by atoms with E-state index in [1.54, 1.807) is 0 Å². The first-order valence-corrected chi connectivity index (χ1v) is 3.26. The van der Waals surface area contributed by atoms with E-state index < -0.39 is 0 Å². The Bertz CT molecular complexity index is 216. The minimum Gasteiger partial charge on any atom is -0.292 e. The summed E-state index contributed by atoms with van der Waals surface area (Å²) in [6.45, 7) is 3.71. The Morgan fingerprint density at radius 1 is 1.40 bits per heavy atom. The van der Waals surface area contributed by atoms with Crippen molar-refractivity contribution >= 4 is 17.4 Å². The molecule has 0 N–H and O–H groups in total. The van der Waals surface area contributed by atoms with Gasteiger partial charge in [0.25, 0.3) is 5.91 Å². The molecule has 10 heavy (non-hydrogen) atoms. The first kappa shape index (κ1) is 7.12. The number of amides is 1. The maximum atomic E-state index is 10.9. The number of ketones is 1. The third kappa shape index (κ3) is 1.12. The second kappa shape index (κ2) is 2.33. The molecule has 54 valence electrons.